The van der Waals surface area contributed by atoms with Gasteiger partial charge in [0.15, 0.2) is 0 Å². The molecule has 198 valence electrons. The van der Waals surface area contributed by atoms with Crippen LogP contribution in [-0.2, 0) is 22.7 Å². The summed E-state index contributed by atoms with van der Waals surface area (Å²) in [6, 6.07) is 24.2. The molecule has 1 unspecified atom stereocenters. The lowest BCUT2D eigenvalue weighted by Gasteiger charge is -2.24. The van der Waals surface area contributed by atoms with E-state index in [1.807, 2.05) is 37.3 Å². The van der Waals surface area contributed by atoms with E-state index in [0.717, 1.165) is 5.56 Å². The van der Waals surface area contributed by atoms with E-state index in [1.54, 1.807) is 54.6 Å². The van der Waals surface area contributed by atoms with Crippen molar-refractivity contribution in [1.29, 1.82) is 0 Å². The molecule has 1 aromatic heterocycles. The number of nitrogens with zero attached hydrogens (tertiary/aromatic N) is 1. The third kappa shape index (κ3) is 5.54. The number of furan rings is 1. The van der Waals surface area contributed by atoms with Gasteiger partial charge in [-0.3, -0.25) is 9.59 Å². The topological polar surface area (TPSA) is 89.2 Å². The van der Waals surface area contributed by atoms with E-state index in [1.165, 1.54) is 11.2 Å². The number of carbonyl (C=O) groups excluding carboxylic acids is 2. The molecule has 7 nitrogen and oxygen atoms in total. The number of ether oxygens (including phenoxy) is 2. The van der Waals surface area contributed by atoms with Gasteiger partial charge >= 0.3 is 0 Å². The molecule has 1 aliphatic rings. The number of hydrogen-bond donors (Lipinski definition) is 1. The van der Waals surface area contributed by atoms with Gasteiger partial charge in [-0.2, -0.15) is 0 Å². The molecular formula is C31H26ClNO6. The Morgan fingerprint density at radius 2 is 1.74 bits per heavy atom. The fraction of sp³-hybridized carbons (Fsp3) is 0.161. The van der Waals surface area contributed by atoms with Crippen molar-refractivity contribution in [3.8, 4) is 11.5 Å². The summed E-state index contributed by atoms with van der Waals surface area (Å²) >= 11 is 6.22. The normalized spacial score (nSPS) is 16.5. The summed E-state index contributed by atoms with van der Waals surface area (Å²) in [4.78, 5) is 27.9. The number of rotatable bonds is 9. The van der Waals surface area contributed by atoms with Crippen LogP contribution >= 0.6 is 11.6 Å². The number of likely N-dealkylation sites (tertiary alicyclic amines) is 1. The highest BCUT2D eigenvalue weighted by Crippen LogP contribution is 2.41. The van der Waals surface area contributed by atoms with E-state index in [2.05, 4.69) is 0 Å². The van der Waals surface area contributed by atoms with Crippen LogP contribution in [0.4, 0.5) is 0 Å². The molecule has 0 bridgehead atoms. The molecule has 0 spiro atoms. The second kappa shape index (κ2) is 11.5. The molecule has 0 radical (unpaired) electrons. The van der Waals surface area contributed by atoms with Crippen LogP contribution in [0.15, 0.2) is 101 Å². The quantitative estimate of drug-likeness (QED) is 0.147. The molecule has 4 aromatic rings. The number of ketones is 1. The summed E-state index contributed by atoms with van der Waals surface area (Å²) < 4.78 is 16.9. The van der Waals surface area contributed by atoms with Gasteiger partial charge in [0.25, 0.3) is 11.7 Å². The van der Waals surface area contributed by atoms with Gasteiger partial charge in [-0.25, -0.2) is 0 Å². The zero-order chi connectivity index (χ0) is 27.4. The third-order valence-corrected chi connectivity index (χ3v) is 6.71. The summed E-state index contributed by atoms with van der Waals surface area (Å²) in [7, 11) is 0. The number of aliphatic hydroxyl groups excluding tert-OH is 1. The first-order valence-corrected chi connectivity index (χ1v) is 12.8. The lowest BCUT2D eigenvalue weighted by Crippen LogP contribution is -2.29. The van der Waals surface area contributed by atoms with Crippen molar-refractivity contribution in [3.05, 3.63) is 124 Å². The molecule has 8 heteroatoms. The SMILES string of the molecule is CCOc1cc(/C(O)=C2/C(=O)C(=O)N(Cc3ccco3)C2c2ccc(OCc3ccccc3)cc2)ccc1Cl. The van der Waals surface area contributed by atoms with Crippen LogP contribution in [0.3, 0.4) is 0 Å². The van der Waals surface area contributed by atoms with Gasteiger partial charge in [0, 0.05) is 5.56 Å². The number of benzene rings is 3. The van der Waals surface area contributed by atoms with Gasteiger partial charge in [-0.05, 0) is 60.5 Å². The average Bonchev–Trinajstić information content (AvgIpc) is 3.56. The highest BCUT2D eigenvalue weighted by atomic mass is 35.5. The van der Waals surface area contributed by atoms with Crippen molar-refractivity contribution >= 4 is 29.1 Å². The van der Waals surface area contributed by atoms with Gasteiger partial charge in [-0.1, -0.05) is 54.1 Å². The van der Waals surface area contributed by atoms with Crippen molar-refractivity contribution in [2.45, 2.75) is 26.1 Å². The van der Waals surface area contributed by atoms with Gasteiger partial charge in [0.2, 0.25) is 0 Å². The monoisotopic (exact) mass is 543 g/mol. The first kappa shape index (κ1) is 26.1. The average molecular weight is 544 g/mol. The van der Waals surface area contributed by atoms with E-state index < -0.39 is 17.7 Å². The molecule has 1 aliphatic heterocycles. The molecular weight excluding hydrogens is 518 g/mol. The Morgan fingerprint density at radius 1 is 0.974 bits per heavy atom. The molecule has 1 atom stereocenters. The summed E-state index contributed by atoms with van der Waals surface area (Å²) in [5, 5.41) is 11.7. The largest absolute Gasteiger partial charge is 0.507 e. The summed E-state index contributed by atoms with van der Waals surface area (Å²) in [6.45, 7) is 2.64. The van der Waals surface area contributed by atoms with E-state index in [0.29, 0.717) is 46.6 Å². The van der Waals surface area contributed by atoms with Crippen LogP contribution in [0.25, 0.3) is 5.76 Å². The van der Waals surface area contributed by atoms with Crippen LogP contribution < -0.4 is 9.47 Å². The number of carbonyl (C=O) groups is 2. The van der Waals surface area contributed by atoms with Gasteiger partial charge < -0.3 is 23.9 Å². The van der Waals surface area contributed by atoms with E-state index in [9.17, 15) is 14.7 Å². The van der Waals surface area contributed by atoms with Crippen LogP contribution in [0.5, 0.6) is 11.5 Å². The summed E-state index contributed by atoms with van der Waals surface area (Å²) in [6.07, 6.45) is 1.50. The first-order valence-electron chi connectivity index (χ1n) is 12.5. The zero-order valence-corrected chi connectivity index (χ0v) is 21.9. The molecule has 1 fully saturated rings. The fourth-order valence-corrected chi connectivity index (χ4v) is 4.69. The molecule has 5 rings (SSSR count). The van der Waals surface area contributed by atoms with Crippen LogP contribution in [0.1, 0.15) is 35.4 Å². The number of halogens is 1. The van der Waals surface area contributed by atoms with E-state index in [4.69, 9.17) is 25.5 Å². The first-order chi connectivity index (χ1) is 19.0. The smallest absolute Gasteiger partial charge is 0.296 e. The van der Waals surface area contributed by atoms with Gasteiger partial charge in [0.05, 0.1) is 36.1 Å². The minimum Gasteiger partial charge on any atom is -0.507 e. The molecule has 0 aliphatic carbocycles. The number of amides is 1. The number of aliphatic hydroxyl groups is 1. The van der Waals surface area contributed by atoms with Gasteiger partial charge in [-0.15, -0.1) is 0 Å². The molecule has 39 heavy (non-hydrogen) atoms. The van der Waals surface area contributed by atoms with Gasteiger partial charge in [0.1, 0.15) is 29.6 Å². The summed E-state index contributed by atoms with van der Waals surface area (Å²) in [5.41, 5.74) is 1.94. The van der Waals surface area contributed by atoms with Crippen molar-refractivity contribution < 1.29 is 28.6 Å². The lowest BCUT2D eigenvalue weighted by molar-refractivity contribution is -0.140. The number of hydrogen-bond acceptors (Lipinski definition) is 6. The van der Waals surface area contributed by atoms with Crippen molar-refractivity contribution in [2.24, 2.45) is 0 Å². The highest BCUT2D eigenvalue weighted by Gasteiger charge is 2.46. The molecule has 1 amide bonds. The molecule has 2 heterocycles. The van der Waals surface area contributed by atoms with Crippen LogP contribution in [0.2, 0.25) is 5.02 Å². The Kier molecular flexibility index (Phi) is 7.70. The number of Topliss-reactive ketones (excluding diaryl/α,β-unsaturated/α-hetero) is 1. The minimum atomic E-state index is -0.857. The van der Waals surface area contributed by atoms with Crippen molar-refractivity contribution in [3.63, 3.8) is 0 Å². The van der Waals surface area contributed by atoms with Crippen molar-refractivity contribution in [2.75, 3.05) is 6.61 Å². The minimum absolute atomic E-state index is 0.0331. The molecule has 0 saturated carbocycles. The summed E-state index contributed by atoms with van der Waals surface area (Å²) in [5.74, 6) is -0.339. The molecule has 3 aromatic carbocycles. The fourth-order valence-electron chi connectivity index (χ4n) is 4.52. The Bertz CT molecular complexity index is 1500. The predicted molar refractivity (Wildman–Crippen MR) is 146 cm³/mol. The zero-order valence-electron chi connectivity index (χ0n) is 21.2. The van der Waals surface area contributed by atoms with Crippen LogP contribution in [0, 0.1) is 0 Å². The molecule has 1 saturated heterocycles. The Morgan fingerprint density at radius 3 is 2.44 bits per heavy atom. The third-order valence-electron chi connectivity index (χ3n) is 6.39. The standard InChI is InChI=1S/C31H26ClNO6/c1-2-37-26-17-22(12-15-25(26)32)29(34)27-28(33(31(36)30(27)35)18-24-9-6-16-38-24)21-10-13-23(14-11-21)39-19-20-7-4-3-5-8-20/h3-17,28,34H,2,18-19H2,1H3/b29-27-. The Labute approximate surface area is 230 Å². The Balaban J connectivity index is 1.52. The maximum atomic E-state index is 13.3. The maximum Gasteiger partial charge on any atom is 0.296 e. The molecule has 1 N–H and O–H groups in total. The highest BCUT2D eigenvalue weighted by molar-refractivity contribution is 6.46. The predicted octanol–water partition coefficient (Wildman–Crippen LogP) is 6.53. The van der Waals surface area contributed by atoms with Crippen LogP contribution in [-0.4, -0.2) is 28.3 Å². The second-order valence-electron chi connectivity index (χ2n) is 8.93. The maximum absolute atomic E-state index is 13.3. The van der Waals surface area contributed by atoms with E-state index in [-0.39, 0.29) is 17.9 Å². The lowest BCUT2D eigenvalue weighted by atomic mass is 9.95. The second-order valence-corrected chi connectivity index (χ2v) is 9.34. The van der Waals surface area contributed by atoms with Crippen molar-refractivity contribution in [1.82, 2.24) is 4.90 Å². The Hall–Kier alpha value is -4.49. The van der Waals surface area contributed by atoms with E-state index >= 15 is 0 Å².